The monoisotopic (exact) mass is 355 g/mol. The second-order valence-corrected chi connectivity index (χ2v) is 5.93. The van der Waals surface area contributed by atoms with Crippen molar-refractivity contribution in [2.24, 2.45) is 0 Å². The van der Waals surface area contributed by atoms with Crippen LogP contribution in [0.1, 0.15) is 30.8 Å². The third kappa shape index (κ3) is 3.18. The van der Waals surface area contributed by atoms with Crippen molar-refractivity contribution in [2.75, 3.05) is 5.32 Å². The van der Waals surface area contributed by atoms with Crippen LogP contribution in [0.5, 0.6) is 0 Å². The first kappa shape index (κ1) is 15.4. The minimum Gasteiger partial charge on any atom is -0.379 e. The fourth-order valence-corrected chi connectivity index (χ4v) is 2.79. The van der Waals surface area contributed by atoms with Crippen LogP contribution < -0.4 is 5.32 Å². The standard InChI is InChI=1S/C15H19BrClN3/c1-4-13-15(17)14(20(5-2)19-13)9-18-11-7-6-10(3)12(16)8-11/h6-8,18H,4-5,9H2,1-3H3. The Morgan fingerprint density at radius 1 is 1.35 bits per heavy atom. The Morgan fingerprint density at radius 3 is 2.70 bits per heavy atom. The molecule has 0 aliphatic carbocycles. The summed E-state index contributed by atoms with van der Waals surface area (Å²) in [4.78, 5) is 0. The lowest BCUT2D eigenvalue weighted by Crippen LogP contribution is -2.08. The number of hydrogen-bond acceptors (Lipinski definition) is 2. The average Bonchev–Trinajstić information content (AvgIpc) is 2.76. The highest BCUT2D eigenvalue weighted by atomic mass is 79.9. The third-order valence-electron chi connectivity index (χ3n) is 3.33. The summed E-state index contributed by atoms with van der Waals surface area (Å²) in [6.07, 6.45) is 0.856. The molecule has 1 aromatic heterocycles. The van der Waals surface area contributed by atoms with Gasteiger partial charge in [0.15, 0.2) is 0 Å². The van der Waals surface area contributed by atoms with Crippen molar-refractivity contribution >= 4 is 33.2 Å². The van der Waals surface area contributed by atoms with Gasteiger partial charge in [-0.15, -0.1) is 0 Å². The zero-order valence-corrected chi connectivity index (χ0v) is 14.3. The van der Waals surface area contributed by atoms with Crippen LogP contribution in [-0.4, -0.2) is 9.78 Å². The SMILES string of the molecule is CCc1nn(CC)c(CNc2ccc(C)c(Br)c2)c1Cl. The van der Waals surface area contributed by atoms with E-state index in [0.29, 0.717) is 6.54 Å². The van der Waals surface area contributed by atoms with Gasteiger partial charge in [0, 0.05) is 16.7 Å². The summed E-state index contributed by atoms with van der Waals surface area (Å²) in [5, 5.41) is 8.72. The summed E-state index contributed by atoms with van der Waals surface area (Å²) in [6.45, 7) is 7.73. The summed E-state index contributed by atoms with van der Waals surface area (Å²) < 4.78 is 3.07. The van der Waals surface area contributed by atoms with E-state index in [1.165, 1.54) is 5.56 Å². The average molecular weight is 357 g/mol. The first-order chi connectivity index (χ1) is 9.56. The Hall–Kier alpha value is -1.000. The number of halogens is 2. The Morgan fingerprint density at radius 2 is 2.10 bits per heavy atom. The van der Waals surface area contributed by atoms with Crippen LogP contribution in [-0.2, 0) is 19.5 Å². The molecule has 20 heavy (non-hydrogen) atoms. The molecule has 0 spiro atoms. The molecule has 0 saturated heterocycles. The van der Waals surface area contributed by atoms with E-state index in [-0.39, 0.29) is 0 Å². The predicted molar refractivity (Wildman–Crippen MR) is 88.5 cm³/mol. The summed E-state index contributed by atoms with van der Waals surface area (Å²) in [6, 6.07) is 6.24. The van der Waals surface area contributed by atoms with Crippen LogP contribution in [0.2, 0.25) is 5.02 Å². The molecule has 0 saturated carbocycles. The van der Waals surface area contributed by atoms with Gasteiger partial charge in [-0.2, -0.15) is 5.10 Å². The molecule has 0 fully saturated rings. The van der Waals surface area contributed by atoms with E-state index in [0.717, 1.165) is 39.5 Å². The van der Waals surface area contributed by atoms with Gasteiger partial charge >= 0.3 is 0 Å². The van der Waals surface area contributed by atoms with Crippen LogP contribution in [0.4, 0.5) is 5.69 Å². The van der Waals surface area contributed by atoms with Crippen LogP contribution in [0, 0.1) is 6.92 Å². The number of hydrogen-bond donors (Lipinski definition) is 1. The number of anilines is 1. The van der Waals surface area contributed by atoms with Crippen LogP contribution in [0.15, 0.2) is 22.7 Å². The lowest BCUT2D eigenvalue weighted by molar-refractivity contribution is 0.619. The number of aryl methyl sites for hydroxylation is 3. The van der Waals surface area contributed by atoms with Crippen molar-refractivity contribution in [3.63, 3.8) is 0 Å². The molecular weight excluding hydrogens is 338 g/mol. The highest BCUT2D eigenvalue weighted by molar-refractivity contribution is 9.10. The topological polar surface area (TPSA) is 29.9 Å². The van der Waals surface area contributed by atoms with E-state index in [4.69, 9.17) is 11.6 Å². The second kappa shape index (κ2) is 6.64. The van der Waals surface area contributed by atoms with Gasteiger partial charge in [0.25, 0.3) is 0 Å². The molecule has 1 aromatic carbocycles. The van der Waals surface area contributed by atoms with Crippen molar-refractivity contribution in [3.8, 4) is 0 Å². The van der Waals surface area contributed by atoms with Crippen LogP contribution in [0.3, 0.4) is 0 Å². The molecule has 3 nitrogen and oxygen atoms in total. The zero-order chi connectivity index (χ0) is 14.7. The van der Waals surface area contributed by atoms with Crippen LogP contribution in [0.25, 0.3) is 0 Å². The maximum Gasteiger partial charge on any atom is 0.0868 e. The van der Waals surface area contributed by atoms with Gasteiger partial charge < -0.3 is 5.32 Å². The van der Waals surface area contributed by atoms with E-state index >= 15 is 0 Å². The Labute approximate surface area is 133 Å². The molecule has 0 unspecified atom stereocenters. The fourth-order valence-electron chi connectivity index (χ4n) is 2.07. The normalized spacial score (nSPS) is 10.8. The van der Waals surface area contributed by atoms with E-state index < -0.39 is 0 Å². The van der Waals surface area contributed by atoms with Gasteiger partial charge in [-0.3, -0.25) is 4.68 Å². The molecule has 0 amide bonds. The number of nitrogens with one attached hydrogen (secondary N) is 1. The van der Waals surface area contributed by atoms with Gasteiger partial charge in [0.05, 0.1) is 23.0 Å². The van der Waals surface area contributed by atoms with Crippen LogP contribution >= 0.6 is 27.5 Å². The van der Waals surface area contributed by atoms with Gasteiger partial charge in [-0.1, -0.05) is 40.5 Å². The summed E-state index contributed by atoms with van der Waals surface area (Å²) >= 11 is 9.95. The van der Waals surface area contributed by atoms with Gasteiger partial charge in [-0.25, -0.2) is 0 Å². The van der Waals surface area contributed by atoms with E-state index in [1.807, 2.05) is 4.68 Å². The fraction of sp³-hybridized carbons (Fsp3) is 0.400. The Kier molecular flexibility index (Phi) is 5.11. The lowest BCUT2D eigenvalue weighted by atomic mass is 10.2. The highest BCUT2D eigenvalue weighted by Gasteiger charge is 2.13. The first-order valence-corrected chi connectivity index (χ1v) is 7.98. The largest absolute Gasteiger partial charge is 0.379 e. The van der Waals surface area contributed by atoms with E-state index in [2.05, 4.69) is 65.3 Å². The smallest absolute Gasteiger partial charge is 0.0868 e. The number of benzene rings is 1. The number of aromatic nitrogens is 2. The molecule has 0 atom stereocenters. The summed E-state index contributed by atoms with van der Waals surface area (Å²) in [7, 11) is 0. The molecule has 0 aliphatic rings. The van der Waals surface area contributed by atoms with Crippen molar-refractivity contribution in [2.45, 2.75) is 40.3 Å². The molecule has 2 aromatic rings. The molecule has 5 heteroatoms. The minimum atomic E-state index is 0.676. The molecule has 1 heterocycles. The quantitative estimate of drug-likeness (QED) is 0.834. The minimum absolute atomic E-state index is 0.676. The molecule has 108 valence electrons. The molecule has 2 rings (SSSR count). The molecule has 1 N–H and O–H groups in total. The number of nitrogens with zero attached hydrogens (tertiary/aromatic N) is 2. The molecule has 0 bridgehead atoms. The second-order valence-electron chi connectivity index (χ2n) is 4.69. The third-order valence-corrected chi connectivity index (χ3v) is 4.62. The lowest BCUT2D eigenvalue weighted by Gasteiger charge is -2.10. The van der Waals surface area contributed by atoms with Gasteiger partial charge in [0.1, 0.15) is 0 Å². The van der Waals surface area contributed by atoms with Crippen molar-refractivity contribution in [3.05, 3.63) is 44.6 Å². The van der Waals surface area contributed by atoms with Crippen molar-refractivity contribution in [1.82, 2.24) is 9.78 Å². The highest BCUT2D eigenvalue weighted by Crippen LogP contribution is 2.24. The van der Waals surface area contributed by atoms with Gasteiger partial charge in [0.2, 0.25) is 0 Å². The van der Waals surface area contributed by atoms with E-state index in [1.54, 1.807) is 0 Å². The Bertz CT molecular complexity index is 607. The van der Waals surface area contributed by atoms with E-state index in [9.17, 15) is 0 Å². The maximum atomic E-state index is 6.40. The molecular formula is C15H19BrClN3. The predicted octanol–water partition coefficient (Wildman–Crippen LogP) is 4.80. The first-order valence-electron chi connectivity index (χ1n) is 6.80. The number of rotatable bonds is 5. The Balaban J connectivity index is 2.17. The maximum absolute atomic E-state index is 6.40. The summed E-state index contributed by atoms with van der Waals surface area (Å²) in [5.74, 6) is 0. The van der Waals surface area contributed by atoms with Gasteiger partial charge in [-0.05, 0) is 38.0 Å². The van der Waals surface area contributed by atoms with Crippen molar-refractivity contribution < 1.29 is 0 Å². The molecule has 0 radical (unpaired) electrons. The molecule has 0 aliphatic heterocycles. The zero-order valence-electron chi connectivity index (χ0n) is 12.0. The van der Waals surface area contributed by atoms with Crippen molar-refractivity contribution in [1.29, 1.82) is 0 Å². The summed E-state index contributed by atoms with van der Waals surface area (Å²) in [5.41, 5.74) is 4.30.